The number of ether oxygens (including phenoxy) is 1. The number of nitrogens with zero attached hydrogens (tertiary/aromatic N) is 2. The fraction of sp³-hybridized carbons (Fsp3) is 0.333. The molecule has 5 nitrogen and oxygen atoms in total. The molecular formula is C21H24N4O. The molecule has 1 aliphatic carbocycles. The molecule has 1 unspecified atom stereocenters. The molecule has 3 rings (SSSR count). The van der Waals surface area contributed by atoms with E-state index in [0.29, 0.717) is 24.0 Å². The maximum atomic E-state index is 6.27. The Morgan fingerprint density at radius 2 is 2.15 bits per heavy atom. The van der Waals surface area contributed by atoms with E-state index in [1.165, 1.54) is 12.8 Å². The van der Waals surface area contributed by atoms with Crippen LogP contribution >= 0.6 is 0 Å². The molecule has 0 radical (unpaired) electrons. The Labute approximate surface area is 154 Å². The Bertz CT molecular complexity index is 832. The van der Waals surface area contributed by atoms with Crippen molar-refractivity contribution in [2.45, 2.75) is 32.4 Å². The van der Waals surface area contributed by atoms with Gasteiger partial charge >= 0.3 is 0 Å². The Balaban J connectivity index is 1.73. The third-order valence-electron chi connectivity index (χ3n) is 4.25. The summed E-state index contributed by atoms with van der Waals surface area (Å²) in [5.41, 5.74) is 10.0. The molecule has 0 spiro atoms. The molecule has 1 aromatic heterocycles. The number of methoxy groups -OCH3 is 1. The van der Waals surface area contributed by atoms with Crippen molar-refractivity contribution in [3.8, 4) is 11.8 Å². The SMILES string of the molecule is COC(/C(N)=C/NCc1ncccn1)c1cc(C#CC2CC2)ccc1C. The average molecular weight is 348 g/mol. The topological polar surface area (TPSA) is 73.1 Å². The van der Waals surface area contributed by atoms with Gasteiger partial charge in [-0.3, -0.25) is 0 Å². The summed E-state index contributed by atoms with van der Waals surface area (Å²) >= 11 is 0. The minimum atomic E-state index is -0.332. The molecule has 26 heavy (non-hydrogen) atoms. The van der Waals surface area contributed by atoms with E-state index in [1.807, 2.05) is 6.07 Å². The van der Waals surface area contributed by atoms with Crippen molar-refractivity contribution in [3.63, 3.8) is 0 Å². The number of nitrogens with two attached hydrogens (primary N) is 1. The van der Waals surface area contributed by atoms with E-state index < -0.39 is 0 Å². The van der Waals surface area contributed by atoms with Gasteiger partial charge in [-0.1, -0.05) is 17.9 Å². The predicted molar refractivity (Wildman–Crippen MR) is 102 cm³/mol. The van der Waals surface area contributed by atoms with Crippen LogP contribution in [0.15, 0.2) is 48.6 Å². The molecule has 1 saturated carbocycles. The van der Waals surface area contributed by atoms with Crippen LogP contribution in [-0.2, 0) is 11.3 Å². The Morgan fingerprint density at radius 3 is 2.85 bits per heavy atom. The normalized spacial score (nSPS) is 15.1. The summed E-state index contributed by atoms with van der Waals surface area (Å²) in [5, 5.41) is 3.15. The van der Waals surface area contributed by atoms with Crippen molar-refractivity contribution < 1.29 is 4.74 Å². The van der Waals surface area contributed by atoms with Crippen LogP contribution < -0.4 is 11.1 Å². The van der Waals surface area contributed by atoms with Gasteiger partial charge < -0.3 is 15.8 Å². The quantitative estimate of drug-likeness (QED) is 0.786. The summed E-state index contributed by atoms with van der Waals surface area (Å²) in [4.78, 5) is 8.35. The van der Waals surface area contributed by atoms with E-state index in [0.717, 1.165) is 16.7 Å². The Morgan fingerprint density at radius 1 is 1.38 bits per heavy atom. The van der Waals surface area contributed by atoms with Gasteiger partial charge in [0.1, 0.15) is 11.9 Å². The van der Waals surface area contributed by atoms with Crippen molar-refractivity contribution in [1.82, 2.24) is 15.3 Å². The molecule has 2 aromatic rings. The fourth-order valence-electron chi connectivity index (χ4n) is 2.61. The molecule has 5 heteroatoms. The first-order valence-electron chi connectivity index (χ1n) is 8.77. The van der Waals surface area contributed by atoms with Gasteiger partial charge in [0.05, 0.1) is 12.2 Å². The summed E-state index contributed by atoms with van der Waals surface area (Å²) in [6, 6.07) is 7.97. The van der Waals surface area contributed by atoms with Crippen molar-refractivity contribution >= 4 is 0 Å². The van der Waals surface area contributed by atoms with Gasteiger partial charge in [-0.25, -0.2) is 9.97 Å². The molecule has 1 fully saturated rings. The van der Waals surface area contributed by atoms with Crippen molar-refractivity contribution in [2.75, 3.05) is 7.11 Å². The maximum absolute atomic E-state index is 6.27. The number of aryl methyl sites for hydroxylation is 1. The third kappa shape index (κ3) is 4.84. The molecule has 1 atom stereocenters. The number of nitrogens with one attached hydrogen (secondary N) is 1. The molecule has 1 aromatic carbocycles. The van der Waals surface area contributed by atoms with Crippen LogP contribution in [0.2, 0.25) is 0 Å². The van der Waals surface area contributed by atoms with E-state index in [9.17, 15) is 0 Å². The second-order valence-corrected chi connectivity index (χ2v) is 6.42. The lowest BCUT2D eigenvalue weighted by Crippen LogP contribution is -2.18. The minimum absolute atomic E-state index is 0.332. The van der Waals surface area contributed by atoms with Gasteiger partial charge in [0.25, 0.3) is 0 Å². The van der Waals surface area contributed by atoms with Gasteiger partial charge in [0.15, 0.2) is 0 Å². The van der Waals surface area contributed by atoms with Gasteiger partial charge in [0, 0.05) is 37.2 Å². The highest BCUT2D eigenvalue weighted by molar-refractivity contribution is 5.43. The minimum Gasteiger partial charge on any atom is -0.398 e. The first-order chi connectivity index (χ1) is 12.7. The lowest BCUT2D eigenvalue weighted by molar-refractivity contribution is 0.130. The smallest absolute Gasteiger partial charge is 0.147 e. The number of hydrogen-bond donors (Lipinski definition) is 2. The van der Waals surface area contributed by atoms with Crippen molar-refractivity contribution in [2.24, 2.45) is 11.7 Å². The fourth-order valence-corrected chi connectivity index (χ4v) is 2.61. The second kappa shape index (κ2) is 8.50. The summed E-state index contributed by atoms with van der Waals surface area (Å²) in [7, 11) is 1.66. The van der Waals surface area contributed by atoms with Crippen LogP contribution in [0.3, 0.4) is 0 Å². The number of aromatic nitrogens is 2. The highest BCUT2D eigenvalue weighted by Gasteiger charge is 2.18. The van der Waals surface area contributed by atoms with Gasteiger partial charge in [-0.05, 0) is 49.1 Å². The molecule has 0 aliphatic heterocycles. The van der Waals surface area contributed by atoms with E-state index in [4.69, 9.17) is 10.5 Å². The first kappa shape index (κ1) is 18.0. The Kier molecular flexibility index (Phi) is 5.88. The van der Waals surface area contributed by atoms with Crippen LogP contribution in [0.1, 0.15) is 41.5 Å². The van der Waals surface area contributed by atoms with E-state index >= 15 is 0 Å². The molecule has 1 heterocycles. The lowest BCUT2D eigenvalue weighted by atomic mass is 9.98. The number of benzene rings is 1. The summed E-state index contributed by atoms with van der Waals surface area (Å²) in [5.74, 6) is 7.84. The van der Waals surface area contributed by atoms with Gasteiger partial charge in [-0.2, -0.15) is 0 Å². The lowest BCUT2D eigenvalue weighted by Gasteiger charge is -2.19. The zero-order chi connectivity index (χ0) is 18.4. The Hall–Kier alpha value is -2.84. The predicted octanol–water partition coefficient (Wildman–Crippen LogP) is 2.82. The zero-order valence-electron chi connectivity index (χ0n) is 15.2. The largest absolute Gasteiger partial charge is 0.398 e. The molecule has 0 amide bonds. The van der Waals surface area contributed by atoms with Crippen LogP contribution in [0.4, 0.5) is 0 Å². The average Bonchev–Trinajstić information content (AvgIpc) is 3.48. The van der Waals surface area contributed by atoms with Crippen LogP contribution in [-0.4, -0.2) is 17.1 Å². The van der Waals surface area contributed by atoms with Crippen molar-refractivity contribution in [1.29, 1.82) is 0 Å². The van der Waals surface area contributed by atoms with E-state index in [2.05, 4.69) is 46.2 Å². The van der Waals surface area contributed by atoms with E-state index in [-0.39, 0.29) is 6.10 Å². The van der Waals surface area contributed by atoms with E-state index in [1.54, 1.807) is 31.8 Å². The van der Waals surface area contributed by atoms with Crippen LogP contribution in [0.5, 0.6) is 0 Å². The standard InChI is InChI=1S/C21H24N4O/c1-15-4-5-17(9-8-16-6-7-16)12-18(15)21(26-2)19(22)13-23-14-20-24-10-3-11-25-20/h3-5,10-13,16,21,23H,6-7,14,22H2,1-2H3/b19-13-. The molecule has 1 aliphatic rings. The van der Waals surface area contributed by atoms with Crippen LogP contribution in [0.25, 0.3) is 0 Å². The van der Waals surface area contributed by atoms with Gasteiger partial charge in [-0.15, -0.1) is 0 Å². The molecule has 0 bridgehead atoms. The molecule has 0 saturated heterocycles. The summed E-state index contributed by atoms with van der Waals surface area (Å²) in [6.07, 6.45) is 7.30. The maximum Gasteiger partial charge on any atom is 0.147 e. The molecule has 3 N–H and O–H groups in total. The van der Waals surface area contributed by atoms with Gasteiger partial charge in [0.2, 0.25) is 0 Å². The second-order valence-electron chi connectivity index (χ2n) is 6.42. The molecule has 134 valence electrons. The molecular weight excluding hydrogens is 324 g/mol. The number of rotatable bonds is 6. The third-order valence-corrected chi connectivity index (χ3v) is 4.25. The summed E-state index contributed by atoms with van der Waals surface area (Å²) < 4.78 is 5.66. The highest BCUT2D eigenvalue weighted by atomic mass is 16.5. The highest BCUT2D eigenvalue weighted by Crippen LogP contribution is 2.28. The number of hydrogen-bond acceptors (Lipinski definition) is 5. The van der Waals surface area contributed by atoms with Crippen LogP contribution in [0, 0.1) is 24.7 Å². The monoisotopic (exact) mass is 348 g/mol. The zero-order valence-corrected chi connectivity index (χ0v) is 15.2. The van der Waals surface area contributed by atoms with Crippen molar-refractivity contribution in [3.05, 3.63) is 71.1 Å². The first-order valence-corrected chi connectivity index (χ1v) is 8.77. The summed E-state index contributed by atoms with van der Waals surface area (Å²) in [6.45, 7) is 2.56.